The van der Waals surface area contributed by atoms with Gasteiger partial charge in [0.25, 0.3) is 5.91 Å². The van der Waals surface area contributed by atoms with Gasteiger partial charge in [0.05, 0.1) is 9.88 Å². The standard InChI is InChI=1S/C16H12FN3OS/c1-10-19-14(16(21)20-13-8-4-5-9-18-13)15(22-10)11-6-2-3-7-12(11)17/h2-9H,1H3,(H,18,20,21). The fourth-order valence-corrected chi connectivity index (χ4v) is 2.96. The van der Waals surface area contributed by atoms with E-state index in [1.807, 2.05) is 0 Å². The highest BCUT2D eigenvalue weighted by molar-refractivity contribution is 7.15. The second-order valence-electron chi connectivity index (χ2n) is 4.56. The van der Waals surface area contributed by atoms with Crippen molar-refractivity contribution in [2.24, 2.45) is 0 Å². The van der Waals surface area contributed by atoms with Gasteiger partial charge in [-0.05, 0) is 25.1 Å². The van der Waals surface area contributed by atoms with Gasteiger partial charge in [0.1, 0.15) is 17.3 Å². The number of pyridine rings is 1. The molecule has 2 aromatic heterocycles. The molecule has 1 N–H and O–H groups in total. The molecule has 0 radical (unpaired) electrons. The number of carbonyl (C=O) groups is 1. The average molecular weight is 313 g/mol. The lowest BCUT2D eigenvalue weighted by atomic mass is 10.1. The first-order valence-corrected chi connectivity index (χ1v) is 7.41. The fourth-order valence-electron chi connectivity index (χ4n) is 2.02. The van der Waals surface area contributed by atoms with Gasteiger partial charge >= 0.3 is 0 Å². The van der Waals surface area contributed by atoms with Crippen molar-refractivity contribution in [1.82, 2.24) is 9.97 Å². The maximum Gasteiger partial charge on any atom is 0.276 e. The van der Waals surface area contributed by atoms with Crippen LogP contribution < -0.4 is 5.32 Å². The molecular weight excluding hydrogens is 301 g/mol. The molecule has 0 aliphatic carbocycles. The highest BCUT2D eigenvalue weighted by Crippen LogP contribution is 2.32. The van der Waals surface area contributed by atoms with Crippen molar-refractivity contribution in [3.05, 3.63) is 65.2 Å². The van der Waals surface area contributed by atoms with Crippen LogP contribution in [-0.4, -0.2) is 15.9 Å². The first kappa shape index (κ1) is 14.3. The van der Waals surface area contributed by atoms with Gasteiger partial charge < -0.3 is 5.32 Å². The van der Waals surface area contributed by atoms with E-state index in [2.05, 4.69) is 15.3 Å². The molecule has 6 heteroatoms. The predicted octanol–water partition coefficient (Wildman–Crippen LogP) is 3.90. The Kier molecular flexibility index (Phi) is 3.93. The number of aryl methyl sites for hydroxylation is 1. The fraction of sp³-hybridized carbons (Fsp3) is 0.0625. The van der Waals surface area contributed by atoms with Crippen LogP contribution in [0, 0.1) is 12.7 Å². The SMILES string of the molecule is Cc1nc(C(=O)Nc2ccccn2)c(-c2ccccc2F)s1. The highest BCUT2D eigenvalue weighted by Gasteiger charge is 2.20. The number of hydrogen-bond donors (Lipinski definition) is 1. The Bertz CT molecular complexity index is 817. The first-order chi connectivity index (χ1) is 10.6. The summed E-state index contributed by atoms with van der Waals surface area (Å²) in [4.78, 5) is 21.2. The normalized spacial score (nSPS) is 10.5. The lowest BCUT2D eigenvalue weighted by Crippen LogP contribution is -2.14. The number of hydrogen-bond acceptors (Lipinski definition) is 4. The third kappa shape index (κ3) is 2.87. The van der Waals surface area contributed by atoms with Crippen LogP contribution in [0.25, 0.3) is 10.4 Å². The molecule has 0 aliphatic rings. The summed E-state index contributed by atoms with van der Waals surface area (Å²) in [5.41, 5.74) is 0.581. The number of nitrogens with zero attached hydrogens (tertiary/aromatic N) is 2. The number of benzene rings is 1. The number of amides is 1. The van der Waals surface area contributed by atoms with E-state index < -0.39 is 5.91 Å². The van der Waals surface area contributed by atoms with E-state index >= 15 is 0 Å². The average Bonchev–Trinajstić information content (AvgIpc) is 2.90. The summed E-state index contributed by atoms with van der Waals surface area (Å²) in [6.07, 6.45) is 1.58. The van der Waals surface area contributed by atoms with E-state index in [4.69, 9.17) is 0 Å². The Morgan fingerprint density at radius 3 is 2.68 bits per heavy atom. The lowest BCUT2D eigenvalue weighted by Gasteiger charge is -2.05. The minimum atomic E-state index is -0.402. The minimum Gasteiger partial charge on any atom is -0.305 e. The Morgan fingerprint density at radius 2 is 1.95 bits per heavy atom. The summed E-state index contributed by atoms with van der Waals surface area (Å²) in [5.74, 6) is -0.350. The minimum absolute atomic E-state index is 0.207. The number of thiazole rings is 1. The van der Waals surface area contributed by atoms with Crippen molar-refractivity contribution in [1.29, 1.82) is 0 Å². The van der Waals surface area contributed by atoms with Gasteiger partial charge in [-0.15, -0.1) is 11.3 Å². The molecule has 4 nitrogen and oxygen atoms in total. The summed E-state index contributed by atoms with van der Waals surface area (Å²) >= 11 is 1.29. The molecule has 0 bridgehead atoms. The number of nitrogens with one attached hydrogen (secondary N) is 1. The predicted molar refractivity (Wildman–Crippen MR) is 84.4 cm³/mol. The molecule has 3 aromatic rings. The number of aromatic nitrogens is 2. The van der Waals surface area contributed by atoms with E-state index in [0.717, 1.165) is 0 Å². The van der Waals surface area contributed by atoms with Crippen LogP contribution in [0.5, 0.6) is 0 Å². The highest BCUT2D eigenvalue weighted by atomic mass is 32.1. The van der Waals surface area contributed by atoms with Gasteiger partial charge in [-0.25, -0.2) is 14.4 Å². The molecule has 0 fully saturated rings. The molecule has 1 amide bonds. The van der Waals surface area contributed by atoms with Crippen LogP contribution >= 0.6 is 11.3 Å². The van der Waals surface area contributed by atoms with Crippen LogP contribution in [0.2, 0.25) is 0 Å². The molecular formula is C16H12FN3OS. The van der Waals surface area contributed by atoms with Crippen LogP contribution in [0.1, 0.15) is 15.5 Å². The second-order valence-corrected chi connectivity index (χ2v) is 5.76. The van der Waals surface area contributed by atoms with Crippen LogP contribution in [0.3, 0.4) is 0 Å². The van der Waals surface area contributed by atoms with Crippen LogP contribution in [0.4, 0.5) is 10.2 Å². The second kappa shape index (κ2) is 6.03. The van der Waals surface area contributed by atoms with Crippen molar-refractivity contribution in [2.75, 3.05) is 5.32 Å². The number of anilines is 1. The largest absolute Gasteiger partial charge is 0.305 e. The maximum atomic E-state index is 14.0. The molecule has 0 saturated heterocycles. The molecule has 0 unspecified atom stereocenters. The zero-order valence-corrected chi connectivity index (χ0v) is 12.5. The van der Waals surface area contributed by atoms with Crippen molar-refractivity contribution in [3.8, 4) is 10.4 Å². The van der Waals surface area contributed by atoms with Crippen molar-refractivity contribution in [3.63, 3.8) is 0 Å². The van der Waals surface area contributed by atoms with Crippen molar-refractivity contribution in [2.45, 2.75) is 6.92 Å². The van der Waals surface area contributed by atoms with Crippen molar-refractivity contribution >= 4 is 23.1 Å². The quantitative estimate of drug-likeness (QED) is 0.797. The van der Waals surface area contributed by atoms with E-state index in [1.165, 1.54) is 17.4 Å². The molecule has 0 atom stereocenters. The summed E-state index contributed by atoms with van der Waals surface area (Å²) < 4.78 is 14.0. The van der Waals surface area contributed by atoms with E-state index in [-0.39, 0.29) is 11.5 Å². The third-order valence-electron chi connectivity index (χ3n) is 2.97. The van der Waals surface area contributed by atoms with Crippen molar-refractivity contribution < 1.29 is 9.18 Å². The van der Waals surface area contributed by atoms with E-state index in [0.29, 0.717) is 21.3 Å². The molecule has 2 heterocycles. The van der Waals surface area contributed by atoms with Gasteiger partial charge in [0.15, 0.2) is 0 Å². The Morgan fingerprint density at radius 1 is 1.18 bits per heavy atom. The van der Waals surface area contributed by atoms with Crippen LogP contribution in [0.15, 0.2) is 48.7 Å². The Hall–Kier alpha value is -2.60. The summed E-state index contributed by atoms with van der Waals surface area (Å²) in [6.45, 7) is 1.78. The topological polar surface area (TPSA) is 54.9 Å². The zero-order chi connectivity index (χ0) is 15.5. The molecule has 110 valence electrons. The Labute approximate surface area is 130 Å². The van der Waals surface area contributed by atoms with E-state index in [9.17, 15) is 9.18 Å². The molecule has 0 saturated carbocycles. The zero-order valence-electron chi connectivity index (χ0n) is 11.7. The maximum absolute atomic E-state index is 14.0. The van der Waals surface area contributed by atoms with Gasteiger partial charge in [0, 0.05) is 11.8 Å². The van der Waals surface area contributed by atoms with Gasteiger partial charge in [0.2, 0.25) is 0 Å². The number of halogens is 1. The lowest BCUT2D eigenvalue weighted by molar-refractivity contribution is 0.102. The van der Waals surface area contributed by atoms with Gasteiger partial charge in [-0.3, -0.25) is 4.79 Å². The summed E-state index contributed by atoms with van der Waals surface area (Å²) in [7, 11) is 0. The molecule has 0 aliphatic heterocycles. The number of carbonyl (C=O) groups excluding carboxylic acids is 1. The molecule has 1 aromatic carbocycles. The van der Waals surface area contributed by atoms with Gasteiger partial charge in [-0.2, -0.15) is 0 Å². The molecule has 22 heavy (non-hydrogen) atoms. The third-order valence-corrected chi connectivity index (χ3v) is 3.98. The smallest absolute Gasteiger partial charge is 0.276 e. The van der Waals surface area contributed by atoms with E-state index in [1.54, 1.807) is 49.5 Å². The Balaban J connectivity index is 1.98. The summed E-state index contributed by atoms with van der Waals surface area (Å²) in [6, 6.07) is 11.6. The molecule has 0 spiro atoms. The first-order valence-electron chi connectivity index (χ1n) is 6.60. The number of rotatable bonds is 3. The summed E-state index contributed by atoms with van der Waals surface area (Å²) in [5, 5.41) is 3.37. The monoisotopic (exact) mass is 313 g/mol. The molecule has 3 rings (SSSR count). The van der Waals surface area contributed by atoms with Gasteiger partial charge in [-0.1, -0.05) is 24.3 Å². The van der Waals surface area contributed by atoms with Crippen LogP contribution in [-0.2, 0) is 0 Å².